The van der Waals surface area contributed by atoms with Crippen molar-refractivity contribution in [2.75, 3.05) is 44.4 Å². The van der Waals surface area contributed by atoms with Gasteiger partial charge in [-0.1, -0.05) is 36.4 Å². The fourth-order valence-electron chi connectivity index (χ4n) is 4.13. The third-order valence-corrected chi connectivity index (χ3v) is 8.18. The van der Waals surface area contributed by atoms with E-state index in [4.69, 9.17) is 4.74 Å². The number of morpholine rings is 1. The Hall–Kier alpha value is -1.12. The molecule has 2 fully saturated rings. The van der Waals surface area contributed by atoms with E-state index in [-0.39, 0.29) is 5.54 Å². The number of rotatable bonds is 5. The van der Waals surface area contributed by atoms with Crippen molar-refractivity contribution >= 4 is 32.6 Å². The van der Waals surface area contributed by atoms with Gasteiger partial charge in [-0.2, -0.15) is 11.8 Å². The molecule has 1 N–H and O–H groups in total. The summed E-state index contributed by atoms with van der Waals surface area (Å²) in [4.78, 5) is 2.81. The second-order valence-corrected chi connectivity index (χ2v) is 10.2. The Kier molecular flexibility index (Phi) is 5.75. The Labute approximate surface area is 165 Å². The van der Waals surface area contributed by atoms with Crippen molar-refractivity contribution in [3.8, 4) is 0 Å². The van der Waals surface area contributed by atoms with Crippen LogP contribution in [-0.2, 0) is 14.8 Å². The Balaban J connectivity index is 1.59. The fraction of sp³-hybridized carbons (Fsp3) is 0.500. The zero-order valence-corrected chi connectivity index (χ0v) is 17.0. The zero-order chi connectivity index (χ0) is 18.7. The molecule has 0 bridgehead atoms. The summed E-state index contributed by atoms with van der Waals surface area (Å²) in [5.74, 6) is 2.15. The summed E-state index contributed by atoms with van der Waals surface area (Å²) in [6.45, 7) is 3.66. The van der Waals surface area contributed by atoms with Crippen LogP contribution in [0.3, 0.4) is 0 Å². The lowest BCUT2D eigenvalue weighted by Crippen LogP contribution is -2.60. The lowest BCUT2D eigenvalue weighted by Gasteiger charge is -2.48. The molecule has 7 heteroatoms. The highest BCUT2D eigenvalue weighted by Gasteiger charge is 2.39. The van der Waals surface area contributed by atoms with Crippen LogP contribution in [0.25, 0.3) is 10.8 Å². The molecule has 2 aliphatic rings. The van der Waals surface area contributed by atoms with E-state index in [1.807, 2.05) is 48.2 Å². The van der Waals surface area contributed by atoms with E-state index in [0.717, 1.165) is 61.4 Å². The summed E-state index contributed by atoms with van der Waals surface area (Å²) in [6.07, 6.45) is 2.02. The minimum Gasteiger partial charge on any atom is -0.379 e. The molecule has 2 heterocycles. The van der Waals surface area contributed by atoms with Gasteiger partial charge in [0.15, 0.2) is 0 Å². The summed E-state index contributed by atoms with van der Waals surface area (Å²) in [7, 11) is -3.58. The monoisotopic (exact) mass is 406 g/mol. The van der Waals surface area contributed by atoms with Crippen LogP contribution in [0.5, 0.6) is 0 Å². The molecule has 4 rings (SSSR count). The van der Waals surface area contributed by atoms with Crippen molar-refractivity contribution in [3.63, 3.8) is 0 Å². The lowest BCUT2D eigenvalue weighted by molar-refractivity contribution is -0.0242. The van der Waals surface area contributed by atoms with Gasteiger partial charge in [0, 0.05) is 30.6 Å². The number of nitrogens with zero attached hydrogens (tertiary/aromatic N) is 1. The van der Waals surface area contributed by atoms with E-state index in [0.29, 0.717) is 11.4 Å². The first-order chi connectivity index (χ1) is 13.1. The molecule has 0 radical (unpaired) electrons. The van der Waals surface area contributed by atoms with Crippen LogP contribution in [0.1, 0.15) is 12.8 Å². The molecule has 2 aliphatic heterocycles. The van der Waals surface area contributed by atoms with Crippen LogP contribution in [-0.4, -0.2) is 63.2 Å². The molecule has 146 valence electrons. The predicted octanol–water partition coefficient (Wildman–Crippen LogP) is 2.72. The summed E-state index contributed by atoms with van der Waals surface area (Å²) in [6, 6.07) is 13.1. The average Bonchev–Trinajstić information content (AvgIpc) is 2.73. The molecule has 0 aromatic heterocycles. The third kappa shape index (κ3) is 4.03. The van der Waals surface area contributed by atoms with Crippen LogP contribution in [0.2, 0.25) is 0 Å². The number of fused-ring (bicyclic) bond motifs is 1. The smallest absolute Gasteiger partial charge is 0.241 e. The highest BCUT2D eigenvalue weighted by molar-refractivity contribution is 7.99. The minimum absolute atomic E-state index is 0.104. The van der Waals surface area contributed by atoms with Gasteiger partial charge >= 0.3 is 0 Å². The van der Waals surface area contributed by atoms with Crippen LogP contribution in [0.4, 0.5) is 0 Å². The summed E-state index contributed by atoms with van der Waals surface area (Å²) < 4.78 is 34.8. The normalized spacial score (nSPS) is 21.3. The summed E-state index contributed by atoms with van der Waals surface area (Å²) in [5, 5.41) is 1.71. The van der Waals surface area contributed by atoms with Gasteiger partial charge in [0.25, 0.3) is 0 Å². The van der Waals surface area contributed by atoms with Crippen LogP contribution < -0.4 is 4.72 Å². The quantitative estimate of drug-likeness (QED) is 0.827. The predicted molar refractivity (Wildman–Crippen MR) is 111 cm³/mol. The molecule has 27 heavy (non-hydrogen) atoms. The van der Waals surface area contributed by atoms with Gasteiger partial charge in [0.1, 0.15) is 0 Å². The Bertz CT molecular complexity index is 884. The molecule has 2 aromatic rings. The third-order valence-electron chi connectivity index (χ3n) is 5.74. The average molecular weight is 407 g/mol. The molecule has 2 aromatic carbocycles. The van der Waals surface area contributed by atoms with Gasteiger partial charge in [-0.3, -0.25) is 4.90 Å². The first-order valence-electron chi connectivity index (χ1n) is 9.49. The Morgan fingerprint density at radius 3 is 2.52 bits per heavy atom. The lowest BCUT2D eigenvalue weighted by atomic mass is 9.89. The fourth-order valence-corrected chi connectivity index (χ4v) is 6.73. The van der Waals surface area contributed by atoms with Crippen molar-refractivity contribution in [2.45, 2.75) is 23.3 Å². The maximum atomic E-state index is 13.2. The maximum Gasteiger partial charge on any atom is 0.241 e. The molecule has 0 spiro atoms. The Morgan fingerprint density at radius 2 is 1.74 bits per heavy atom. The molecule has 2 saturated heterocycles. The van der Waals surface area contributed by atoms with Crippen molar-refractivity contribution < 1.29 is 13.2 Å². The number of hydrogen-bond acceptors (Lipinski definition) is 5. The second-order valence-electron chi connectivity index (χ2n) is 7.24. The summed E-state index contributed by atoms with van der Waals surface area (Å²) >= 11 is 1.96. The van der Waals surface area contributed by atoms with Crippen LogP contribution in [0.15, 0.2) is 47.4 Å². The van der Waals surface area contributed by atoms with Crippen molar-refractivity contribution in [1.82, 2.24) is 9.62 Å². The number of thioether (sulfide) groups is 1. The van der Waals surface area contributed by atoms with Crippen LogP contribution >= 0.6 is 11.8 Å². The van der Waals surface area contributed by atoms with Crippen molar-refractivity contribution in [2.24, 2.45) is 0 Å². The molecule has 0 saturated carbocycles. The molecule has 0 aliphatic carbocycles. The van der Waals surface area contributed by atoms with E-state index in [2.05, 4.69) is 9.62 Å². The highest BCUT2D eigenvalue weighted by Crippen LogP contribution is 2.33. The largest absolute Gasteiger partial charge is 0.379 e. The molecule has 0 atom stereocenters. The number of nitrogens with one attached hydrogen (secondary N) is 1. The maximum absolute atomic E-state index is 13.2. The zero-order valence-electron chi connectivity index (χ0n) is 15.4. The van der Waals surface area contributed by atoms with E-state index < -0.39 is 10.0 Å². The number of ether oxygens (including phenoxy) is 1. The van der Waals surface area contributed by atoms with Gasteiger partial charge < -0.3 is 4.74 Å². The molecule has 5 nitrogen and oxygen atoms in total. The first kappa shape index (κ1) is 19.2. The van der Waals surface area contributed by atoms with Gasteiger partial charge in [0.2, 0.25) is 10.0 Å². The van der Waals surface area contributed by atoms with Crippen LogP contribution in [0, 0.1) is 0 Å². The van der Waals surface area contributed by atoms with Gasteiger partial charge in [-0.05, 0) is 35.8 Å². The first-order valence-corrected chi connectivity index (χ1v) is 12.1. The minimum atomic E-state index is -3.58. The van der Waals surface area contributed by atoms with Crippen molar-refractivity contribution in [3.05, 3.63) is 42.5 Å². The molecule has 0 unspecified atom stereocenters. The summed E-state index contributed by atoms with van der Waals surface area (Å²) in [5.41, 5.74) is -0.104. The highest BCUT2D eigenvalue weighted by atomic mass is 32.2. The van der Waals surface area contributed by atoms with E-state index in [1.165, 1.54) is 0 Å². The molecular weight excluding hydrogens is 380 g/mol. The van der Waals surface area contributed by atoms with E-state index >= 15 is 0 Å². The SMILES string of the molecule is O=S(=O)(NCC1(N2CCOCC2)CCSCC1)c1cccc2ccccc12. The van der Waals surface area contributed by atoms with E-state index in [1.54, 1.807) is 6.07 Å². The van der Waals surface area contributed by atoms with E-state index in [9.17, 15) is 8.42 Å². The van der Waals surface area contributed by atoms with Gasteiger partial charge in [-0.25, -0.2) is 13.1 Å². The van der Waals surface area contributed by atoms with Crippen molar-refractivity contribution in [1.29, 1.82) is 0 Å². The number of sulfonamides is 1. The number of benzene rings is 2. The molecule has 0 amide bonds. The number of hydrogen-bond donors (Lipinski definition) is 1. The topological polar surface area (TPSA) is 58.6 Å². The van der Waals surface area contributed by atoms with Gasteiger partial charge in [-0.15, -0.1) is 0 Å². The second kappa shape index (κ2) is 8.09. The molecular formula is C20H26N2O3S2. The Morgan fingerprint density at radius 1 is 1.04 bits per heavy atom. The van der Waals surface area contributed by atoms with Gasteiger partial charge in [0.05, 0.1) is 18.1 Å². The standard InChI is InChI=1S/C20H26N2O3S2/c23-27(24,19-7-3-5-17-4-1-2-6-18(17)19)21-16-20(8-14-26-15-9-20)22-10-12-25-13-11-22/h1-7,21H,8-16H2.